The molecule has 17 heavy (non-hydrogen) atoms. The lowest BCUT2D eigenvalue weighted by Crippen LogP contribution is -2.57. The number of carbonyl (C=O) groups excluding carboxylic acids is 1. The topological polar surface area (TPSA) is 50.2 Å². The van der Waals surface area contributed by atoms with Gasteiger partial charge in [0, 0.05) is 12.6 Å². The fourth-order valence-corrected chi connectivity index (χ4v) is 2.90. The lowest BCUT2D eigenvalue weighted by Gasteiger charge is -2.44. The molecule has 5 nitrogen and oxygen atoms in total. The summed E-state index contributed by atoms with van der Waals surface area (Å²) >= 11 is 5.74. The van der Waals surface area contributed by atoms with Gasteiger partial charge in [-0.2, -0.15) is 9.78 Å². The summed E-state index contributed by atoms with van der Waals surface area (Å²) in [4.78, 5) is 14.3. The van der Waals surface area contributed by atoms with E-state index >= 15 is 0 Å². The molecule has 3 fully saturated rings. The van der Waals surface area contributed by atoms with Gasteiger partial charge in [0.1, 0.15) is 0 Å². The van der Waals surface area contributed by atoms with Crippen molar-refractivity contribution in [1.29, 1.82) is 0 Å². The highest BCUT2D eigenvalue weighted by Gasteiger charge is 2.35. The van der Waals surface area contributed by atoms with Crippen molar-refractivity contribution in [2.24, 2.45) is 5.92 Å². The molecule has 0 radical (unpaired) electrons. The molecule has 3 aliphatic rings. The average molecular weight is 255 g/mol. The van der Waals surface area contributed by atoms with Gasteiger partial charge in [-0.3, -0.25) is 0 Å². The highest BCUT2D eigenvalue weighted by atomic mass is 35.5. The molecule has 3 saturated heterocycles. The first kappa shape index (κ1) is 11.0. The Morgan fingerprint density at radius 3 is 2.76 bits per heavy atom. The summed E-state index contributed by atoms with van der Waals surface area (Å²) in [6, 6.07) is 0.0728. The molecule has 4 heterocycles. The summed E-state index contributed by atoms with van der Waals surface area (Å²) in [5.74, 6) is 0.620. The van der Waals surface area contributed by atoms with E-state index in [9.17, 15) is 4.79 Å². The number of halogens is 1. The van der Waals surface area contributed by atoms with Gasteiger partial charge in [-0.1, -0.05) is 11.6 Å². The number of rotatable bonds is 1. The van der Waals surface area contributed by atoms with Crippen molar-refractivity contribution in [2.75, 3.05) is 19.6 Å². The van der Waals surface area contributed by atoms with Crippen LogP contribution in [-0.2, 0) is 0 Å². The van der Waals surface area contributed by atoms with E-state index in [1.165, 1.54) is 43.0 Å². The molecule has 4 rings (SSSR count). The highest BCUT2D eigenvalue weighted by molar-refractivity contribution is 6.30. The van der Waals surface area contributed by atoms with Gasteiger partial charge in [0.25, 0.3) is 0 Å². The van der Waals surface area contributed by atoms with Crippen molar-refractivity contribution in [1.82, 2.24) is 20.0 Å². The number of hydrogen-bond donors (Lipinski definition) is 1. The van der Waals surface area contributed by atoms with Crippen molar-refractivity contribution in [2.45, 2.75) is 18.9 Å². The monoisotopic (exact) mass is 254 g/mol. The van der Waals surface area contributed by atoms with E-state index in [1.807, 2.05) is 0 Å². The van der Waals surface area contributed by atoms with Gasteiger partial charge in [-0.05, 0) is 31.8 Å². The maximum Gasteiger partial charge on any atom is 0.342 e. The van der Waals surface area contributed by atoms with Gasteiger partial charge in [0.2, 0.25) is 0 Å². The van der Waals surface area contributed by atoms with Crippen molar-refractivity contribution >= 4 is 17.6 Å². The van der Waals surface area contributed by atoms with Crippen LogP contribution in [0.3, 0.4) is 0 Å². The van der Waals surface area contributed by atoms with Gasteiger partial charge in [0.05, 0.1) is 17.4 Å². The molecule has 1 amide bonds. The third-order valence-electron chi connectivity index (χ3n) is 3.72. The van der Waals surface area contributed by atoms with Crippen molar-refractivity contribution in [3.05, 3.63) is 17.4 Å². The van der Waals surface area contributed by atoms with E-state index in [1.54, 1.807) is 0 Å². The molecule has 0 saturated carbocycles. The Labute approximate surface area is 105 Å². The van der Waals surface area contributed by atoms with Gasteiger partial charge in [-0.15, -0.1) is 0 Å². The van der Waals surface area contributed by atoms with Gasteiger partial charge >= 0.3 is 6.03 Å². The quantitative estimate of drug-likeness (QED) is 0.819. The Bertz CT molecular complexity index is 425. The Balaban J connectivity index is 1.65. The first-order chi connectivity index (χ1) is 8.22. The normalized spacial score (nSPS) is 31.5. The number of fused-ring (bicyclic) bond motifs is 3. The Morgan fingerprint density at radius 1 is 1.47 bits per heavy atom. The molecule has 1 N–H and O–H groups in total. The van der Waals surface area contributed by atoms with E-state index in [0.29, 0.717) is 10.9 Å². The molecule has 0 unspecified atom stereocenters. The number of carbonyl (C=O) groups is 1. The molecular weight excluding hydrogens is 240 g/mol. The van der Waals surface area contributed by atoms with Crippen molar-refractivity contribution in [3.8, 4) is 0 Å². The molecule has 92 valence electrons. The molecule has 1 aromatic heterocycles. The smallest absolute Gasteiger partial charge is 0.332 e. The molecule has 1 atom stereocenters. The van der Waals surface area contributed by atoms with Crippen LogP contribution in [0.2, 0.25) is 5.02 Å². The molecule has 0 aromatic carbocycles. The number of aromatic nitrogens is 2. The standard InChI is InChI=1S/C11H15ClN4O/c12-9-5-13-16(6-9)11(17)14-10-7-15-3-1-8(10)2-4-15/h5-6,8,10H,1-4,7H2,(H,14,17)/t10-/m0/s1. The molecule has 2 bridgehead atoms. The SMILES string of the molecule is O=C(N[C@H]1CN2CCC1CC2)n1cc(Cl)cn1. The third kappa shape index (κ3) is 2.17. The van der Waals surface area contributed by atoms with E-state index in [-0.39, 0.29) is 12.1 Å². The minimum Gasteiger partial charge on any atom is -0.332 e. The van der Waals surface area contributed by atoms with Gasteiger partial charge < -0.3 is 10.2 Å². The van der Waals surface area contributed by atoms with Crippen LogP contribution in [0, 0.1) is 5.92 Å². The maximum atomic E-state index is 11.9. The first-order valence-electron chi connectivity index (χ1n) is 5.96. The van der Waals surface area contributed by atoms with Gasteiger partial charge in [-0.25, -0.2) is 4.79 Å². The lowest BCUT2D eigenvalue weighted by molar-refractivity contribution is 0.0765. The second-order valence-electron chi connectivity index (χ2n) is 4.80. The summed E-state index contributed by atoms with van der Waals surface area (Å²) in [6.45, 7) is 3.31. The Morgan fingerprint density at radius 2 is 2.24 bits per heavy atom. The van der Waals surface area contributed by atoms with Crippen LogP contribution in [0.15, 0.2) is 12.4 Å². The highest BCUT2D eigenvalue weighted by Crippen LogP contribution is 2.27. The Hall–Kier alpha value is -1.07. The van der Waals surface area contributed by atoms with Crippen molar-refractivity contribution < 1.29 is 4.79 Å². The van der Waals surface area contributed by atoms with Crippen LogP contribution in [0.5, 0.6) is 0 Å². The predicted octanol–water partition coefficient (Wildman–Crippen LogP) is 1.19. The lowest BCUT2D eigenvalue weighted by atomic mass is 9.84. The molecular formula is C11H15ClN4O. The van der Waals surface area contributed by atoms with Crippen LogP contribution in [-0.4, -0.2) is 46.4 Å². The van der Waals surface area contributed by atoms with Crippen molar-refractivity contribution in [3.63, 3.8) is 0 Å². The number of piperidine rings is 3. The Kier molecular flexibility index (Phi) is 2.80. The van der Waals surface area contributed by atoms with E-state index in [2.05, 4.69) is 15.3 Å². The predicted molar refractivity (Wildman–Crippen MR) is 64.1 cm³/mol. The summed E-state index contributed by atoms with van der Waals surface area (Å²) in [5, 5.41) is 7.42. The summed E-state index contributed by atoms with van der Waals surface area (Å²) in [5.41, 5.74) is 0. The van der Waals surface area contributed by atoms with Crippen LogP contribution in [0.4, 0.5) is 4.79 Å². The molecule has 1 aromatic rings. The van der Waals surface area contributed by atoms with Gasteiger partial charge in [0.15, 0.2) is 0 Å². The van der Waals surface area contributed by atoms with Crippen LogP contribution in [0.25, 0.3) is 0 Å². The summed E-state index contributed by atoms with van der Waals surface area (Å²) in [6.07, 6.45) is 5.37. The summed E-state index contributed by atoms with van der Waals surface area (Å²) < 4.78 is 1.26. The number of nitrogens with one attached hydrogen (secondary N) is 1. The minimum atomic E-state index is -0.185. The van der Waals surface area contributed by atoms with Crippen LogP contribution in [0.1, 0.15) is 12.8 Å². The zero-order chi connectivity index (χ0) is 11.8. The third-order valence-corrected chi connectivity index (χ3v) is 3.92. The maximum absolute atomic E-state index is 11.9. The minimum absolute atomic E-state index is 0.185. The van der Waals surface area contributed by atoms with E-state index in [4.69, 9.17) is 11.6 Å². The fraction of sp³-hybridized carbons (Fsp3) is 0.636. The average Bonchev–Trinajstić information content (AvgIpc) is 2.77. The largest absolute Gasteiger partial charge is 0.342 e. The zero-order valence-electron chi connectivity index (χ0n) is 9.47. The van der Waals surface area contributed by atoms with Crippen LogP contribution >= 0.6 is 11.6 Å². The van der Waals surface area contributed by atoms with E-state index in [0.717, 1.165) is 6.54 Å². The second kappa shape index (κ2) is 4.31. The molecule has 0 aliphatic carbocycles. The number of nitrogens with zero attached hydrogens (tertiary/aromatic N) is 3. The number of amides is 1. The second-order valence-corrected chi connectivity index (χ2v) is 5.23. The fourth-order valence-electron chi connectivity index (χ4n) is 2.77. The summed E-state index contributed by atoms with van der Waals surface area (Å²) in [7, 11) is 0. The molecule has 3 aliphatic heterocycles. The molecule has 6 heteroatoms. The van der Waals surface area contributed by atoms with E-state index < -0.39 is 0 Å². The first-order valence-corrected chi connectivity index (χ1v) is 6.33. The molecule has 0 spiro atoms. The zero-order valence-corrected chi connectivity index (χ0v) is 10.2. The number of hydrogen-bond acceptors (Lipinski definition) is 3. The van der Waals surface area contributed by atoms with Crippen LogP contribution < -0.4 is 5.32 Å².